The molecule has 6 heteroatoms. The Labute approximate surface area is 156 Å². The van der Waals surface area contributed by atoms with Crippen LogP contribution in [-0.4, -0.2) is 28.5 Å². The van der Waals surface area contributed by atoms with Crippen LogP contribution in [-0.2, 0) is 9.59 Å². The molecule has 2 aromatic rings. The molecule has 1 saturated heterocycles. The van der Waals surface area contributed by atoms with E-state index in [0.717, 1.165) is 11.1 Å². The van der Waals surface area contributed by atoms with Gasteiger partial charge in [-0.05, 0) is 37.1 Å². The van der Waals surface area contributed by atoms with E-state index in [1.54, 1.807) is 17.0 Å². The maximum Gasteiger partial charge on any atom is 0.247 e. The Kier molecular flexibility index (Phi) is 5.61. The number of nitrogens with zero attached hydrogens (tertiary/aromatic N) is 1. The van der Waals surface area contributed by atoms with Gasteiger partial charge in [0.2, 0.25) is 11.8 Å². The van der Waals surface area contributed by atoms with Crippen molar-refractivity contribution in [2.24, 2.45) is 0 Å². The third-order valence-corrected chi connectivity index (χ3v) is 5.36. The van der Waals surface area contributed by atoms with Crippen molar-refractivity contribution in [2.45, 2.75) is 31.3 Å². The average molecular weight is 372 g/mol. The maximum absolute atomic E-state index is 13.3. The van der Waals surface area contributed by atoms with E-state index in [9.17, 15) is 14.0 Å². The second-order valence-electron chi connectivity index (χ2n) is 6.49. The molecule has 0 bridgehead atoms. The quantitative estimate of drug-likeness (QED) is 0.871. The SMILES string of the molecule is CC(C)NC(=O)[C@H](c1ccccc1)N1C(=O)CS[C@H]1c1ccc(F)cc1. The Balaban J connectivity index is 2.01. The zero-order valence-electron chi connectivity index (χ0n) is 14.7. The molecule has 26 heavy (non-hydrogen) atoms. The number of halogens is 1. The van der Waals surface area contributed by atoms with Gasteiger partial charge in [0.1, 0.15) is 17.2 Å². The summed E-state index contributed by atoms with van der Waals surface area (Å²) in [6, 6.07) is 14.6. The van der Waals surface area contributed by atoms with Crippen molar-refractivity contribution in [1.82, 2.24) is 10.2 Å². The van der Waals surface area contributed by atoms with Crippen molar-refractivity contribution < 1.29 is 14.0 Å². The molecule has 1 heterocycles. The molecule has 2 aromatic carbocycles. The van der Waals surface area contributed by atoms with Crippen molar-refractivity contribution in [3.8, 4) is 0 Å². The molecule has 1 aliphatic rings. The van der Waals surface area contributed by atoms with Gasteiger partial charge < -0.3 is 10.2 Å². The molecular weight excluding hydrogens is 351 g/mol. The first-order valence-electron chi connectivity index (χ1n) is 8.51. The summed E-state index contributed by atoms with van der Waals surface area (Å²) >= 11 is 1.45. The van der Waals surface area contributed by atoms with Crippen LogP contribution in [0.4, 0.5) is 4.39 Å². The number of carbonyl (C=O) groups excluding carboxylic acids is 2. The molecule has 136 valence electrons. The van der Waals surface area contributed by atoms with Crippen LogP contribution in [0.1, 0.15) is 36.4 Å². The minimum Gasteiger partial charge on any atom is -0.352 e. The average Bonchev–Trinajstić information content (AvgIpc) is 2.98. The Morgan fingerprint density at radius 1 is 1.15 bits per heavy atom. The van der Waals surface area contributed by atoms with Crippen LogP contribution in [0.5, 0.6) is 0 Å². The lowest BCUT2D eigenvalue weighted by atomic mass is 10.0. The Bertz CT molecular complexity index is 780. The van der Waals surface area contributed by atoms with Crippen LogP contribution in [0, 0.1) is 5.82 Å². The number of hydrogen-bond acceptors (Lipinski definition) is 3. The van der Waals surface area contributed by atoms with Crippen molar-refractivity contribution in [3.05, 3.63) is 71.5 Å². The molecule has 2 atom stereocenters. The third kappa shape index (κ3) is 3.90. The lowest BCUT2D eigenvalue weighted by Gasteiger charge is -2.32. The number of rotatable bonds is 5. The molecule has 2 amide bonds. The number of benzene rings is 2. The second kappa shape index (κ2) is 7.91. The van der Waals surface area contributed by atoms with Gasteiger partial charge in [0.25, 0.3) is 0 Å². The Hall–Kier alpha value is -2.34. The summed E-state index contributed by atoms with van der Waals surface area (Å²) in [6.45, 7) is 3.77. The fourth-order valence-electron chi connectivity index (χ4n) is 3.04. The molecule has 1 N–H and O–H groups in total. The fraction of sp³-hybridized carbons (Fsp3) is 0.300. The van der Waals surface area contributed by atoms with Crippen molar-refractivity contribution >= 4 is 23.6 Å². The number of thioether (sulfide) groups is 1. The summed E-state index contributed by atoms with van der Waals surface area (Å²) in [5.41, 5.74) is 1.56. The number of nitrogens with one attached hydrogen (secondary N) is 1. The first-order valence-corrected chi connectivity index (χ1v) is 9.56. The molecule has 1 aliphatic heterocycles. The molecule has 0 aliphatic carbocycles. The van der Waals surface area contributed by atoms with Gasteiger partial charge in [-0.15, -0.1) is 11.8 Å². The monoisotopic (exact) mass is 372 g/mol. The lowest BCUT2D eigenvalue weighted by molar-refractivity contribution is -0.139. The van der Waals surface area contributed by atoms with Crippen LogP contribution >= 0.6 is 11.8 Å². The largest absolute Gasteiger partial charge is 0.352 e. The van der Waals surface area contributed by atoms with Gasteiger partial charge in [-0.3, -0.25) is 9.59 Å². The summed E-state index contributed by atoms with van der Waals surface area (Å²) in [4.78, 5) is 27.2. The molecular formula is C20H21FN2O2S. The van der Waals surface area contributed by atoms with E-state index in [1.165, 1.54) is 23.9 Å². The minimum absolute atomic E-state index is 0.0386. The summed E-state index contributed by atoms with van der Waals surface area (Å²) in [7, 11) is 0. The first-order chi connectivity index (χ1) is 12.5. The lowest BCUT2D eigenvalue weighted by Crippen LogP contribution is -2.44. The second-order valence-corrected chi connectivity index (χ2v) is 7.56. The van der Waals surface area contributed by atoms with Crippen LogP contribution in [0.15, 0.2) is 54.6 Å². The summed E-state index contributed by atoms with van der Waals surface area (Å²) < 4.78 is 13.3. The predicted octanol–water partition coefficient (Wildman–Crippen LogP) is 3.67. The van der Waals surface area contributed by atoms with E-state index in [1.807, 2.05) is 44.2 Å². The minimum atomic E-state index is -0.726. The van der Waals surface area contributed by atoms with Gasteiger partial charge in [0.15, 0.2) is 0 Å². The fourth-order valence-corrected chi connectivity index (χ4v) is 4.24. The highest BCUT2D eigenvalue weighted by molar-refractivity contribution is 8.00. The Morgan fingerprint density at radius 2 is 1.81 bits per heavy atom. The third-order valence-electron chi connectivity index (χ3n) is 4.13. The van der Waals surface area contributed by atoms with Crippen LogP contribution in [0.25, 0.3) is 0 Å². The zero-order chi connectivity index (χ0) is 18.7. The summed E-state index contributed by atoms with van der Waals surface area (Å²) in [6.07, 6.45) is 0. The number of amides is 2. The zero-order valence-corrected chi connectivity index (χ0v) is 15.5. The highest BCUT2D eigenvalue weighted by Crippen LogP contribution is 2.43. The summed E-state index contributed by atoms with van der Waals surface area (Å²) in [5, 5.41) is 2.59. The van der Waals surface area contributed by atoms with Gasteiger partial charge in [0, 0.05) is 6.04 Å². The molecule has 1 fully saturated rings. The van der Waals surface area contributed by atoms with Gasteiger partial charge in [-0.2, -0.15) is 0 Å². The normalized spacial score (nSPS) is 18.2. The van der Waals surface area contributed by atoms with Gasteiger partial charge in [-0.1, -0.05) is 42.5 Å². The Morgan fingerprint density at radius 3 is 2.42 bits per heavy atom. The highest BCUT2D eigenvalue weighted by Gasteiger charge is 2.41. The number of carbonyl (C=O) groups is 2. The van der Waals surface area contributed by atoms with Crippen molar-refractivity contribution in [3.63, 3.8) is 0 Å². The molecule has 0 saturated carbocycles. The molecule has 0 unspecified atom stereocenters. The van der Waals surface area contributed by atoms with Crippen molar-refractivity contribution in [2.75, 3.05) is 5.75 Å². The van der Waals surface area contributed by atoms with E-state index in [2.05, 4.69) is 5.32 Å². The predicted molar refractivity (Wildman–Crippen MR) is 101 cm³/mol. The standard InChI is InChI=1S/C20H21FN2O2S/c1-13(2)22-19(25)18(14-6-4-3-5-7-14)23-17(24)12-26-20(23)15-8-10-16(21)11-9-15/h3-11,13,18,20H,12H2,1-2H3,(H,22,25)/t18-,20-/m0/s1. The molecule has 3 rings (SSSR count). The number of hydrogen-bond donors (Lipinski definition) is 1. The smallest absolute Gasteiger partial charge is 0.247 e. The topological polar surface area (TPSA) is 49.4 Å². The molecule has 0 aromatic heterocycles. The van der Waals surface area contributed by atoms with Gasteiger partial charge in [-0.25, -0.2) is 4.39 Å². The highest BCUT2D eigenvalue weighted by atomic mass is 32.2. The van der Waals surface area contributed by atoms with E-state index >= 15 is 0 Å². The summed E-state index contributed by atoms with van der Waals surface area (Å²) in [5.74, 6) is -0.349. The van der Waals surface area contributed by atoms with Gasteiger partial charge in [0.05, 0.1) is 5.75 Å². The van der Waals surface area contributed by atoms with E-state index in [-0.39, 0.29) is 29.0 Å². The van der Waals surface area contributed by atoms with Crippen LogP contribution in [0.3, 0.4) is 0 Å². The molecule has 0 spiro atoms. The van der Waals surface area contributed by atoms with Gasteiger partial charge >= 0.3 is 0 Å². The maximum atomic E-state index is 13.3. The molecule has 4 nitrogen and oxygen atoms in total. The first kappa shape index (κ1) is 18.5. The molecule has 0 radical (unpaired) electrons. The van der Waals surface area contributed by atoms with E-state index < -0.39 is 6.04 Å². The van der Waals surface area contributed by atoms with Crippen LogP contribution in [0.2, 0.25) is 0 Å². The van der Waals surface area contributed by atoms with E-state index in [4.69, 9.17) is 0 Å². The van der Waals surface area contributed by atoms with E-state index in [0.29, 0.717) is 5.75 Å². The van der Waals surface area contributed by atoms with Crippen molar-refractivity contribution in [1.29, 1.82) is 0 Å². The van der Waals surface area contributed by atoms with Crippen LogP contribution < -0.4 is 5.32 Å².